The maximum atomic E-state index is 8.77. The summed E-state index contributed by atoms with van der Waals surface area (Å²) in [5.41, 5.74) is 0.336. The number of hydrogen-bond acceptors (Lipinski definition) is 3. The van der Waals surface area contributed by atoms with Gasteiger partial charge >= 0.3 is 0 Å². The van der Waals surface area contributed by atoms with Gasteiger partial charge in [-0.05, 0) is 24.2 Å². The van der Waals surface area contributed by atoms with Crippen LogP contribution in [0.3, 0.4) is 0 Å². The molecule has 0 atom stereocenters. The van der Waals surface area contributed by atoms with Crippen molar-refractivity contribution in [3.8, 4) is 6.07 Å². The molecule has 0 aromatic rings. The van der Waals surface area contributed by atoms with Gasteiger partial charge in [0.15, 0.2) is 0 Å². The Morgan fingerprint density at radius 1 is 1.39 bits per heavy atom. The van der Waals surface area contributed by atoms with Crippen molar-refractivity contribution in [2.75, 3.05) is 38.2 Å². The Kier molecular flexibility index (Phi) is 7.21. The largest absolute Gasteiger partial charge is 0.381 e. The number of nitrogens with zero attached hydrogens (tertiary/aromatic N) is 2. The number of nitriles is 1. The van der Waals surface area contributed by atoms with Gasteiger partial charge in [0.2, 0.25) is 0 Å². The number of halogens is 1. The number of ether oxygens (including phenoxy) is 1. The molecule has 1 aliphatic heterocycles. The highest BCUT2D eigenvalue weighted by Gasteiger charge is 2.33. The molecule has 104 valence electrons. The van der Waals surface area contributed by atoms with E-state index in [1.165, 1.54) is 0 Å². The van der Waals surface area contributed by atoms with Gasteiger partial charge in [-0.2, -0.15) is 5.26 Å². The topological polar surface area (TPSA) is 36.3 Å². The first kappa shape index (κ1) is 15.9. The molecule has 0 saturated carbocycles. The minimum Gasteiger partial charge on any atom is -0.381 e. The fourth-order valence-corrected chi connectivity index (χ4v) is 3.31. The molecule has 1 aliphatic rings. The fourth-order valence-electron chi connectivity index (χ4n) is 2.57. The lowest BCUT2D eigenvalue weighted by Crippen LogP contribution is -2.44. The van der Waals surface area contributed by atoms with Crippen LogP contribution in [0.25, 0.3) is 0 Å². The van der Waals surface area contributed by atoms with E-state index in [1.54, 1.807) is 0 Å². The normalized spacial score (nSPS) is 19.1. The van der Waals surface area contributed by atoms with E-state index >= 15 is 0 Å². The average Bonchev–Trinajstić information content (AvgIpc) is 2.36. The summed E-state index contributed by atoms with van der Waals surface area (Å²) in [4.78, 5) is 2.46. The van der Waals surface area contributed by atoms with Gasteiger partial charge in [0.25, 0.3) is 0 Å². The van der Waals surface area contributed by atoms with Crippen LogP contribution in [0.4, 0.5) is 0 Å². The minimum atomic E-state index is 0.336. The van der Waals surface area contributed by atoms with Crippen molar-refractivity contribution >= 4 is 15.9 Å². The summed E-state index contributed by atoms with van der Waals surface area (Å²) < 4.78 is 5.48. The molecule has 18 heavy (non-hydrogen) atoms. The van der Waals surface area contributed by atoms with E-state index in [0.717, 1.165) is 51.0 Å². The number of hydrogen-bond donors (Lipinski definition) is 0. The van der Waals surface area contributed by atoms with Crippen LogP contribution < -0.4 is 0 Å². The second kappa shape index (κ2) is 8.14. The Morgan fingerprint density at radius 2 is 2.06 bits per heavy atom. The van der Waals surface area contributed by atoms with Crippen LogP contribution in [0, 0.1) is 22.7 Å². The zero-order valence-corrected chi connectivity index (χ0v) is 13.2. The molecule has 1 fully saturated rings. The van der Waals surface area contributed by atoms with Crippen molar-refractivity contribution in [3.63, 3.8) is 0 Å². The minimum absolute atomic E-state index is 0.336. The summed E-state index contributed by atoms with van der Waals surface area (Å²) in [5.74, 6) is 0.649. The molecule has 0 aromatic carbocycles. The average molecular weight is 317 g/mol. The van der Waals surface area contributed by atoms with Gasteiger partial charge in [0, 0.05) is 44.6 Å². The molecule has 0 radical (unpaired) electrons. The smallest absolute Gasteiger partial charge is 0.0635 e. The van der Waals surface area contributed by atoms with Crippen molar-refractivity contribution in [2.24, 2.45) is 11.3 Å². The predicted octanol–water partition coefficient (Wildman–Crippen LogP) is 3.05. The zero-order chi connectivity index (χ0) is 13.4. The third-order valence-electron chi connectivity index (χ3n) is 3.56. The van der Waals surface area contributed by atoms with Crippen molar-refractivity contribution in [1.29, 1.82) is 5.26 Å². The van der Waals surface area contributed by atoms with Crippen LogP contribution in [0.1, 0.15) is 33.1 Å². The molecule has 4 heteroatoms. The SMILES string of the molecule is CC(C)CN(CCC#N)CC1(CBr)CCOCC1. The molecule has 0 unspecified atom stereocenters. The molecule has 3 nitrogen and oxygen atoms in total. The summed E-state index contributed by atoms with van der Waals surface area (Å²) in [6.07, 6.45) is 2.88. The van der Waals surface area contributed by atoms with E-state index in [-0.39, 0.29) is 0 Å². The Hall–Kier alpha value is -0.110. The predicted molar refractivity (Wildman–Crippen MR) is 77.8 cm³/mol. The van der Waals surface area contributed by atoms with Gasteiger partial charge < -0.3 is 9.64 Å². The van der Waals surface area contributed by atoms with Gasteiger partial charge in [-0.1, -0.05) is 29.8 Å². The van der Waals surface area contributed by atoms with Crippen LogP contribution in [-0.2, 0) is 4.74 Å². The van der Waals surface area contributed by atoms with Crippen LogP contribution in [0.2, 0.25) is 0 Å². The summed E-state index contributed by atoms with van der Waals surface area (Å²) in [6, 6.07) is 2.26. The summed E-state index contributed by atoms with van der Waals surface area (Å²) in [6.45, 7) is 9.29. The standard InChI is InChI=1S/C14H25BrN2O/c1-13(2)10-17(7-3-6-16)12-14(11-15)4-8-18-9-5-14/h13H,3-5,7-12H2,1-2H3. The maximum absolute atomic E-state index is 8.77. The number of alkyl halides is 1. The highest BCUT2D eigenvalue weighted by Crippen LogP contribution is 2.33. The van der Waals surface area contributed by atoms with Crippen molar-refractivity contribution < 1.29 is 4.74 Å². The second-order valence-electron chi connectivity index (χ2n) is 5.78. The van der Waals surface area contributed by atoms with E-state index < -0.39 is 0 Å². The molecule has 1 heterocycles. The lowest BCUT2D eigenvalue weighted by molar-refractivity contribution is 0.00679. The summed E-state index contributed by atoms with van der Waals surface area (Å²) >= 11 is 3.68. The van der Waals surface area contributed by atoms with Crippen LogP contribution in [-0.4, -0.2) is 43.1 Å². The highest BCUT2D eigenvalue weighted by molar-refractivity contribution is 9.09. The first-order chi connectivity index (χ1) is 8.62. The Balaban J connectivity index is 2.58. The summed E-state index contributed by atoms with van der Waals surface area (Å²) in [5, 5.41) is 9.80. The van der Waals surface area contributed by atoms with Gasteiger partial charge in [0.05, 0.1) is 6.07 Å². The third kappa shape index (κ3) is 5.26. The van der Waals surface area contributed by atoms with Crippen molar-refractivity contribution in [3.05, 3.63) is 0 Å². The molecule has 0 aromatic heterocycles. The van der Waals surface area contributed by atoms with Gasteiger partial charge in [-0.25, -0.2) is 0 Å². The van der Waals surface area contributed by atoms with E-state index in [9.17, 15) is 0 Å². The Labute approximate surface area is 120 Å². The monoisotopic (exact) mass is 316 g/mol. The zero-order valence-electron chi connectivity index (χ0n) is 11.6. The molecule has 0 spiro atoms. The molecular weight excluding hydrogens is 292 g/mol. The van der Waals surface area contributed by atoms with E-state index in [2.05, 4.69) is 40.7 Å². The Morgan fingerprint density at radius 3 is 2.56 bits per heavy atom. The molecule has 0 amide bonds. The first-order valence-corrected chi connectivity index (χ1v) is 7.97. The van der Waals surface area contributed by atoms with E-state index in [4.69, 9.17) is 10.00 Å². The molecule has 0 aliphatic carbocycles. The van der Waals surface area contributed by atoms with Gasteiger partial charge in [-0.3, -0.25) is 0 Å². The van der Waals surface area contributed by atoms with Crippen LogP contribution >= 0.6 is 15.9 Å². The van der Waals surface area contributed by atoms with E-state index in [1.807, 2.05) is 0 Å². The third-order valence-corrected chi connectivity index (χ3v) is 4.75. The lowest BCUT2D eigenvalue weighted by Gasteiger charge is -2.40. The Bertz CT molecular complexity index is 269. The van der Waals surface area contributed by atoms with E-state index in [0.29, 0.717) is 17.8 Å². The molecule has 1 rings (SSSR count). The molecular formula is C14H25BrN2O. The van der Waals surface area contributed by atoms with Crippen molar-refractivity contribution in [2.45, 2.75) is 33.1 Å². The lowest BCUT2D eigenvalue weighted by atomic mass is 9.81. The second-order valence-corrected chi connectivity index (χ2v) is 6.34. The van der Waals surface area contributed by atoms with Crippen LogP contribution in [0.15, 0.2) is 0 Å². The maximum Gasteiger partial charge on any atom is 0.0635 e. The van der Waals surface area contributed by atoms with Crippen molar-refractivity contribution in [1.82, 2.24) is 4.90 Å². The van der Waals surface area contributed by atoms with Gasteiger partial charge in [0.1, 0.15) is 0 Å². The summed E-state index contributed by atoms with van der Waals surface area (Å²) in [7, 11) is 0. The fraction of sp³-hybridized carbons (Fsp3) is 0.929. The molecule has 0 bridgehead atoms. The molecule has 0 N–H and O–H groups in total. The molecule has 1 saturated heterocycles. The van der Waals surface area contributed by atoms with Crippen LogP contribution in [0.5, 0.6) is 0 Å². The van der Waals surface area contributed by atoms with Gasteiger partial charge in [-0.15, -0.1) is 0 Å². The highest BCUT2D eigenvalue weighted by atomic mass is 79.9. The quantitative estimate of drug-likeness (QED) is 0.677. The first-order valence-electron chi connectivity index (χ1n) is 6.85. The number of rotatable bonds is 7.